The Morgan fingerprint density at radius 2 is 2.00 bits per heavy atom. The lowest BCUT2D eigenvalue weighted by atomic mass is 9.76. The summed E-state index contributed by atoms with van der Waals surface area (Å²) in [5.74, 6) is -1.01. The number of carboxylic acid groups (broad SMARTS) is 1. The molecule has 0 radical (unpaired) electrons. The van der Waals surface area contributed by atoms with E-state index in [4.69, 9.17) is 0 Å². The number of carboxylic acids is 1. The van der Waals surface area contributed by atoms with Gasteiger partial charge >= 0.3 is 5.97 Å². The SMILES string of the molecule is Cc1cccc(-n2ncc(C(=O)N3CCC(C(=O)O)(C(C)C)C3)c2C)c1. The van der Waals surface area contributed by atoms with E-state index < -0.39 is 11.4 Å². The van der Waals surface area contributed by atoms with Crippen LogP contribution < -0.4 is 0 Å². The first-order chi connectivity index (χ1) is 12.3. The fourth-order valence-corrected chi connectivity index (χ4v) is 3.71. The van der Waals surface area contributed by atoms with Crippen LogP contribution >= 0.6 is 0 Å². The number of amides is 1. The predicted octanol–water partition coefficient (Wildman–Crippen LogP) is 3.06. The number of hydrogen-bond acceptors (Lipinski definition) is 3. The third-order valence-electron chi connectivity index (χ3n) is 5.61. The van der Waals surface area contributed by atoms with Crippen LogP contribution in [0, 0.1) is 25.2 Å². The molecule has 1 fully saturated rings. The molecule has 1 aromatic carbocycles. The molecule has 1 N–H and O–H groups in total. The average Bonchev–Trinajstić information content (AvgIpc) is 3.19. The van der Waals surface area contributed by atoms with Gasteiger partial charge in [0.15, 0.2) is 0 Å². The first kappa shape index (κ1) is 18.2. The molecule has 6 heteroatoms. The van der Waals surface area contributed by atoms with Gasteiger partial charge in [0.1, 0.15) is 0 Å². The van der Waals surface area contributed by atoms with Gasteiger partial charge in [-0.05, 0) is 43.9 Å². The molecule has 0 spiro atoms. The van der Waals surface area contributed by atoms with E-state index in [9.17, 15) is 14.7 Å². The normalized spacial score (nSPS) is 20.0. The van der Waals surface area contributed by atoms with Crippen molar-refractivity contribution in [3.63, 3.8) is 0 Å². The van der Waals surface area contributed by atoms with E-state index in [0.717, 1.165) is 16.9 Å². The van der Waals surface area contributed by atoms with Crippen molar-refractivity contribution in [2.24, 2.45) is 11.3 Å². The molecule has 0 aliphatic carbocycles. The third kappa shape index (κ3) is 2.89. The highest BCUT2D eigenvalue weighted by Gasteiger charge is 2.48. The van der Waals surface area contributed by atoms with E-state index in [1.165, 1.54) is 0 Å². The first-order valence-corrected chi connectivity index (χ1v) is 8.90. The van der Waals surface area contributed by atoms with Crippen LogP contribution in [0.3, 0.4) is 0 Å². The second-order valence-electron chi connectivity index (χ2n) is 7.49. The molecule has 1 atom stereocenters. The summed E-state index contributed by atoms with van der Waals surface area (Å²) < 4.78 is 1.75. The summed E-state index contributed by atoms with van der Waals surface area (Å²) in [5, 5.41) is 14.1. The second-order valence-corrected chi connectivity index (χ2v) is 7.49. The summed E-state index contributed by atoms with van der Waals surface area (Å²) in [5.41, 5.74) is 2.45. The number of likely N-dealkylation sites (tertiary alicyclic amines) is 1. The van der Waals surface area contributed by atoms with E-state index in [-0.39, 0.29) is 18.4 Å². The number of aryl methyl sites for hydroxylation is 1. The Morgan fingerprint density at radius 3 is 2.58 bits per heavy atom. The Kier molecular flexibility index (Phi) is 4.61. The van der Waals surface area contributed by atoms with Crippen LogP contribution in [0.25, 0.3) is 5.69 Å². The van der Waals surface area contributed by atoms with Crippen LogP contribution in [0.2, 0.25) is 0 Å². The van der Waals surface area contributed by atoms with Crippen LogP contribution in [0.15, 0.2) is 30.5 Å². The molecule has 1 aliphatic heterocycles. The molecule has 2 heterocycles. The smallest absolute Gasteiger partial charge is 0.311 e. The van der Waals surface area contributed by atoms with Crippen LogP contribution in [0.4, 0.5) is 0 Å². The van der Waals surface area contributed by atoms with Gasteiger partial charge < -0.3 is 10.0 Å². The zero-order chi connectivity index (χ0) is 19.1. The van der Waals surface area contributed by atoms with Gasteiger partial charge in [-0.3, -0.25) is 9.59 Å². The Labute approximate surface area is 153 Å². The van der Waals surface area contributed by atoms with Gasteiger partial charge in [-0.1, -0.05) is 26.0 Å². The summed E-state index contributed by atoms with van der Waals surface area (Å²) in [7, 11) is 0. The van der Waals surface area contributed by atoms with Crippen LogP contribution in [0.5, 0.6) is 0 Å². The Hall–Kier alpha value is -2.63. The van der Waals surface area contributed by atoms with E-state index in [1.807, 2.05) is 52.0 Å². The Morgan fingerprint density at radius 1 is 1.27 bits per heavy atom. The first-order valence-electron chi connectivity index (χ1n) is 8.90. The highest BCUT2D eigenvalue weighted by molar-refractivity contribution is 5.96. The lowest BCUT2D eigenvalue weighted by Gasteiger charge is -2.28. The number of aromatic nitrogens is 2. The Balaban J connectivity index is 1.87. The Bertz CT molecular complexity index is 856. The molecule has 26 heavy (non-hydrogen) atoms. The van der Waals surface area contributed by atoms with Gasteiger partial charge in [0.2, 0.25) is 0 Å². The van der Waals surface area contributed by atoms with Gasteiger partial charge in [0.25, 0.3) is 5.91 Å². The van der Waals surface area contributed by atoms with Crippen molar-refractivity contribution in [1.82, 2.24) is 14.7 Å². The standard InChI is InChI=1S/C20H25N3O3/c1-13(2)20(19(25)26)8-9-22(12-20)18(24)17-11-21-23(15(17)4)16-7-5-6-14(3)10-16/h5-7,10-11,13H,8-9,12H2,1-4H3,(H,25,26). The molecule has 3 rings (SSSR count). The maximum atomic E-state index is 13.0. The van der Waals surface area contributed by atoms with E-state index >= 15 is 0 Å². The molecule has 0 bridgehead atoms. The maximum absolute atomic E-state index is 13.0. The molecule has 1 aromatic heterocycles. The molecule has 6 nitrogen and oxygen atoms in total. The topological polar surface area (TPSA) is 75.4 Å². The number of benzene rings is 1. The molecule has 1 saturated heterocycles. The van der Waals surface area contributed by atoms with Gasteiger partial charge in [-0.15, -0.1) is 0 Å². The predicted molar refractivity (Wildman–Crippen MR) is 98.5 cm³/mol. The van der Waals surface area contributed by atoms with Crippen LogP contribution in [-0.4, -0.2) is 44.8 Å². The average molecular weight is 355 g/mol. The zero-order valence-corrected chi connectivity index (χ0v) is 15.7. The van der Waals surface area contributed by atoms with Crippen molar-refractivity contribution in [2.75, 3.05) is 13.1 Å². The van der Waals surface area contributed by atoms with E-state index in [1.54, 1.807) is 15.8 Å². The van der Waals surface area contributed by atoms with Crippen molar-refractivity contribution in [2.45, 2.75) is 34.1 Å². The molecule has 1 aliphatic rings. The highest BCUT2D eigenvalue weighted by Crippen LogP contribution is 2.38. The van der Waals surface area contributed by atoms with Crippen LogP contribution in [-0.2, 0) is 4.79 Å². The minimum atomic E-state index is -0.865. The molecule has 1 unspecified atom stereocenters. The largest absolute Gasteiger partial charge is 0.481 e. The maximum Gasteiger partial charge on any atom is 0.311 e. The van der Waals surface area contributed by atoms with E-state index in [0.29, 0.717) is 18.5 Å². The van der Waals surface area contributed by atoms with Gasteiger partial charge in [-0.25, -0.2) is 4.68 Å². The summed E-state index contributed by atoms with van der Waals surface area (Å²) in [4.78, 5) is 26.4. The van der Waals surface area contributed by atoms with Crippen molar-refractivity contribution >= 4 is 11.9 Å². The molecule has 1 amide bonds. The molecule has 138 valence electrons. The number of carbonyl (C=O) groups is 2. The third-order valence-corrected chi connectivity index (χ3v) is 5.61. The summed E-state index contributed by atoms with van der Waals surface area (Å²) in [6.45, 7) is 8.39. The van der Waals surface area contributed by atoms with Gasteiger partial charge in [0, 0.05) is 13.1 Å². The number of rotatable bonds is 4. The number of hydrogen-bond donors (Lipinski definition) is 1. The second kappa shape index (κ2) is 6.59. The fraction of sp³-hybridized carbons (Fsp3) is 0.450. The molecular formula is C20H25N3O3. The minimum absolute atomic E-state index is 0.0334. The summed E-state index contributed by atoms with van der Waals surface area (Å²) >= 11 is 0. The lowest BCUT2D eigenvalue weighted by molar-refractivity contribution is -0.150. The quantitative estimate of drug-likeness (QED) is 0.914. The molecule has 0 saturated carbocycles. The van der Waals surface area contributed by atoms with Crippen molar-refractivity contribution < 1.29 is 14.7 Å². The minimum Gasteiger partial charge on any atom is -0.481 e. The number of nitrogens with zero attached hydrogens (tertiary/aromatic N) is 3. The van der Waals surface area contributed by atoms with Crippen molar-refractivity contribution in [3.05, 3.63) is 47.3 Å². The molecular weight excluding hydrogens is 330 g/mol. The monoisotopic (exact) mass is 355 g/mol. The number of carbonyl (C=O) groups excluding carboxylic acids is 1. The van der Waals surface area contributed by atoms with Gasteiger partial charge in [-0.2, -0.15) is 5.10 Å². The van der Waals surface area contributed by atoms with Crippen molar-refractivity contribution in [3.8, 4) is 5.69 Å². The highest BCUT2D eigenvalue weighted by atomic mass is 16.4. The van der Waals surface area contributed by atoms with Crippen molar-refractivity contribution in [1.29, 1.82) is 0 Å². The lowest BCUT2D eigenvalue weighted by Crippen LogP contribution is -2.40. The fourth-order valence-electron chi connectivity index (χ4n) is 3.71. The molecule has 2 aromatic rings. The zero-order valence-electron chi connectivity index (χ0n) is 15.7. The summed E-state index contributed by atoms with van der Waals surface area (Å²) in [6.07, 6.45) is 2.06. The van der Waals surface area contributed by atoms with Crippen LogP contribution in [0.1, 0.15) is 41.9 Å². The summed E-state index contributed by atoms with van der Waals surface area (Å²) in [6, 6.07) is 7.93. The van der Waals surface area contributed by atoms with Gasteiger partial charge in [0.05, 0.1) is 28.6 Å². The van der Waals surface area contributed by atoms with E-state index in [2.05, 4.69) is 5.10 Å². The number of aliphatic carboxylic acids is 1.